The molecule has 0 aliphatic carbocycles. The topological polar surface area (TPSA) is 91.5 Å². The average molecular weight is 272 g/mol. The van der Waals surface area contributed by atoms with Gasteiger partial charge in [0.25, 0.3) is 5.91 Å². The SMILES string of the molecule is CC(O)CC(C)NC(=O)c1sc(N(C)C)nc1N. The van der Waals surface area contributed by atoms with Gasteiger partial charge in [0.2, 0.25) is 0 Å². The fraction of sp³-hybridized carbons (Fsp3) is 0.636. The van der Waals surface area contributed by atoms with E-state index >= 15 is 0 Å². The minimum absolute atomic E-state index is 0.109. The lowest BCUT2D eigenvalue weighted by Gasteiger charge is -2.14. The molecule has 18 heavy (non-hydrogen) atoms. The Morgan fingerprint density at radius 2 is 2.17 bits per heavy atom. The monoisotopic (exact) mass is 272 g/mol. The summed E-state index contributed by atoms with van der Waals surface area (Å²) in [5.74, 6) is -0.00306. The highest BCUT2D eigenvalue weighted by atomic mass is 32.1. The molecular formula is C11H20N4O2S. The van der Waals surface area contributed by atoms with Crippen LogP contribution >= 0.6 is 11.3 Å². The number of carbonyl (C=O) groups excluding carboxylic acids is 1. The largest absolute Gasteiger partial charge is 0.393 e. The zero-order valence-electron chi connectivity index (χ0n) is 11.1. The van der Waals surface area contributed by atoms with Gasteiger partial charge in [-0.3, -0.25) is 4.79 Å². The first-order chi connectivity index (χ1) is 8.31. The lowest BCUT2D eigenvalue weighted by molar-refractivity contribution is 0.0928. The van der Waals surface area contributed by atoms with Crippen molar-refractivity contribution in [2.75, 3.05) is 24.7 Å². The van der Waals surface area contributed by atoms with Crippen LogP contribution in [0.15, 0.2) is 0 Å². The van der Waals surface area contributed by atoms with Gasteiger partial charge in [-0.25, -0.2) is 4.98 Å². The molecular weight excluding hydrogens is 252 g/mol. The molecule has 1 rings (SSSR count). The van der Waals surface area contributed by atoms with Crippen LogP contribution in [-0.2, 0) is 0 Å². The Morgan fingerprint density at radius 3 is 2.61 bits per heavy atom. The number of nitrogens with zero attached hydrogens (tertiary/aromatic N) is 2. The van der Waals surface area contributed by atoms with Gasteiger partial charge in [-0.05, 0) is 20.3 Å². The first kappa shape index (κ1) is 14.7. The number of rotatable bonds is 5. The fourth-order valence-electron chi connectivity index (χ4n) is 1.53. The van der Waals surface area contributed by atoms with Crippen molar-refractivity contribution >= 4 is 28.2 Å². The molecule has 2 unspecified atom stereocenters. The lowest BCUT2D eigenvalue weighted by atomic mass is 10.1. The molecule has 1 heterocycles. The number of hydrogen-bond donors (Lipinski definition) is 3. The summed E-state index contributed by atoms with van der Waals surface area (Å²) >= 11 is 1.25. The van der Waals surface area contributed by atoms with Crippen molar-refractivity contribution in [1.82, 2.24) is 10.3 Å². The van der Waals surface area contributed by atoms with Gasteiger partial charge in [0.05, 0.1) is 6.10 Å². The number of aliphatic hydroxyl groups is 1. The van der Waals surface area contributed by atoms with Crippen molar-refractivity contribution in [3.8, 4) is 0 Å². The first-order valence-corrected chi connectivity index (χ1v) is 6.55. The van der Waals surface area contributed by atoms with E-state index in [-0.39, 0.29) is 17.8 Å². The van der Waals surface area contributed by atoms with Gasteiger partial charge in [0.15, 0.2) is 5.13 Å². The number of anilines is 2. The molecule has 7 heteroatoms. The van der Waals surface area contributed by atoms with Crippen molar-refractivity contribution < 1.29 is 9.90 Å². The summed E-state index contributed by atoms with van der Waals surface area (Å²) in [4.78, 5) is 18.3. The number of carbonyl (C=O) groups is 1. The number of nitrogens with two attached hydrogens (primary N) is 1. The summed E-state index contributed by atoms with van der Waals surface area (Å²) < 4.78 is 0. The van der Waals surface area contributed by atoms with Crippen molar-refractivity contribution in [3.63, 3.8) is 0 Å². The summed E-state index contributed by atoms with van der Waals surface area (Å²) in [6.45, 7) is 3.53. The molecule has 0 fully saturated rings. The summed E-state index contributed by atoms with van der Waals surface area (Å²) in [6.07, 6.45) is 0.0572. The average Bonchev–Trinajstić information content (AvgIpc) is 2.58. The van der Waals surface area contributed by atoms with E-state index in [1.54, 1.807) is 11.8 Å². The van der Waals surface area contributed by atoms with E-state index in [2.05, 4.69) is 10.3 Å². The van der Waals surface area contributed by atoms with E-state index in [1.807, 2.05) is 21.0 Å². The maximum absolute atomic E-state index is 12.0. The molecule has 6 nitrogen and oxygen atoms in total. The van der Waals surface area contributed by atoms with Gasteiger partial charge in [-0.1, -0.05) is 11.3 Å². The summed E-state index contributed by atoms with van der Waals surface area (Å²) in [5, 5.41) is 12.7. The standard InChI is InChI=1S/C11H20N4O2S/c1-6(5-7(2)16)13-10(17)8-9(12)14-11(18-8)15(3)4/h6-7,16H,5,12H2,1-4H3,(H,13,17). The molecule has 1 amide bonds. The maximum atomic E-state index is 12.0. The number of aliphatic hydroxyl groups excluding tert-OH is 1. The molecule has 0 bridgehead atoms. The fourth-order valence-corrected chi connectivity index (χ4v) is 2.35. The Bertz CT molecular complexity index is 417. The van der Waals surface area contributed by atoms with Crippen LogP contribution in [-0.4, -0.2) is 42.2 Å². The molecule has 0 aliphatic rings. The third-order valence-corrected chi connectivity index (χ3v) is 3.54. The van der Waals surface area contributed by atoms with Crippen molar-refractivity contribution in [1.29, 1.82) is 0 Å². The van der Waals surface area contributed by atoms with Crippen LogP contribution in [0.1, 0.15) is 29.9 Å². The van der Waals surface area contributed by atoms with Crippen LogP contribution in [0.4, 0.5) is 10.9 Å². The van der Waals surface area contributed by atoms with E-state index in [1.165, 1.54) is 11.3 Å². The zero-order valence-corrected chi connectivity index (χ0v) is 11.9. The van der Waals surface area contributed by atoms with Crippen LogP contribution in [0.3, 0.4) is 0 Å². The Kier molecular flexibility index (Phi) is 4.92. The number of hydrogen-bond acceptors (Lipinski definition) is 6. The van der Waals surface area contributed by atoms with Crippen LogP contribution in [0.25, 0.3) is 0 Å². The molecule has 0 saturated heterocycles. The molecule has 1 aromatic rings. The molecule has 0 saturated carbocycles. The Morgan fingerprint density at radius 1 is 1.56 bits per heavy atom. The highest BCUT2D eigenvalue weighted by molar-refractivity contribution is 7.18. The second kappa shape index (κ2) is 6.01. The summed E-state index contributed by atoms with van der Waals surface area (Å²) in [5.41, 5.74) is 5.72. The number of nitrogens with one attached hydrogen (secondary N) is 1. The smallest absolute Gasteiger partial charge is 0.265 e. The van der Waals surface area contributed by atoms with E-state index in [9.17, 15) is 9.90 Å². The molecule has 1 aromatic heterocycles. The minimum Gasteiger partial charge on any atom is -0.393 e. The quantitative estimate of drug-likeness (QED) is 0.733. The predicted molar refractivity (Wildman–Crippen MR) is 74.1 cm³/mol. The van der Waals surface area contributed by atoms with Crippen molar-refractivity contribution in [2.45, 2.75) is 32.4 Å². The number of nitrogen functional groups attached to an aromatic ring is 1. The van der Waals surface area contributed by atoms with E-state index in [4.69, 9.17) is 5.73 Å². The highest BCUT2D eigenvalue weighted by Gasteiger charge is 2.19. The van der Waals surface area contributed by atoms with Gasteiger partial charge in [-0.15, -0.1) is 0 Å². The summed E-state index contributed by atoms with van der Waals surface area (Å²) in [6, 6.07) is -0.109. The van der Waals surface area contributed by atoms with Crippen LogP contribution in [0, 0.1) is 0 Å². The third-order valence-electron chi connectivity index (χ3n) is 2.30. The minimum atomic E-state index is -0.448. The normalized spacial score (nSPS) is 14.1. The van der Waals surface area contributed by atoms with Crippen LogP contribution in [0.2, 0.25) is 0 Å². The van der Waals surface area contributed by atoms with Crippen molar-refractivity contribution in [2.24, 2.45) is 0 Å². The molecule has 0 aliphatic heterocycles. The Labute approximate surface area is 111 Å². The van der Waals surface area contributed by atoms with Gasteiger partial charge in [-0.2, -0.15) is 0 Å². The zero-order chi connectivity index (χ0) is 13.9. The Balaban J connectivity index is 2.72. The highest BCUT2D eigenvalue weighted by Crippen LogP contribution is 2.26. The molecule has 0 radical (unpaired) electrons. The second-order valence-electron chi connectivity index (χ2n) is 4.56. The predicted octanol–water partition coefficient (Wildman–Crippen LogP) is 0.680. The van der Waals surface area contributed by atoms with Gasteiger partial charge >= 0.3 is 0 Å². The Hall–Kier alpha value is -1.34. The number of amides is 1. The molecule has 2 atom stereocenters. The van der Waals surface area contributed by atoms with E-state index < -0.39 is 6.10 Å². The van der Waals surface area contributed by atoms with Gasteiger partial charge < -0.3 is 21.1 Å². The third kappa shape index (κ3) is 3.85. The number of thiazole rings is 1. The number of aromatic nitrogens is 1. The first-order valence-electron chi connectivity index (χ1n) is 5.73. The van der Waals surface area contributed by atoms with E-state index in [0.717, 1.165) is 0 Å². The molecule has 102 valence electrons. The molecule has 4 N–H and O–H groups in total. The van der Waals surface area contributed by atoms with Gasteiger partial charge in [0.1, 0.15) is 10.7 Å². The summed E-state index contributed by atoms with van der Waals surface area (Å²) in [7, 11) is 3.69. The van der Waals surface area contributed by atoms with Gasteiger partial charge in [0, 0.05) is 20.1 Å². The second-order valence-corrected chi connectivity index (χ2v) is 5.54. The lowest BCUT2D eigenvalue weighted by Crippen LogP contribution is -2.34. The van der Waals surface area contributed by atoms with Crippen molar-refractivity contribution in [3.05, 3.63) is 4.88 Å². The van der Waals surface area contributed by atoms with Crippen LogP contribution in [0.5, 0.6) is 0 Å². The molecule has 0 spiro atoms. The maximum Gasteiger partial charge on any atom is 0.265 e. The van der Waals surface area contributed by atoms with E-state index in [0.29, 0.717) is 16.4 Å². The van der Waals surface area contributed by atoms with Crippen LogP contribution < -0.4 is 16.0 Å². The molecule has 0 aromatic carbocycles.